The molecular weight excluding hydrogens is 408 g/mol. The lowest BCUT2D eigenvalue weighted by Gasteiger charge is -2.10. The lowest BCUT2D eigenvalue weighted by molar-refractivity contribution is 0.102. The fraction of sp³-hybridized carbons (Fsp3) is 0.0476. The Morgan fingerprint density at radius 2 is 2.00 bits per heavy atom. The number of nitrogens with one attached hydrogen (secondary N) is 1. The van der Waals surface area contributed by atoms with Gasteiger partial charge in [0.05, 0.1) is 30.6 Å². The third-order valence-corrected chi connectivity index (χ3v) is 4.37. The number of rotatable bonds is 5. The Balaban J connectivity index is 1.66. The minimum Gasteiger partial charge on any atom is -0.496 e. The van der Waals surface area contributed by atoms with Gasteiger partial charge in [0.25, 0.3) is 11.8 Å². The number of ether oxygens (including phenoxy) is 1. The van der Waals surface area contributed by atoms with E-state index in [9.17, 15) is 10.1 Å². The first-order chi connectivity index (χ1) is 14.6. The van der Waals surface area contributed by atoms with Crippen molar-refractivity contribution >= 4 is 23.2 Å². The van der Waals surface area contributed by atoms with E-state index in [2.05, 4.69) is 21.6 Å². The summed E-state index contributed by atoms with van der Waals surface area (Å²) < 4.78 is 16.1. The molecule has 0 aliphatic rings. The van der Waals surface area contributed by atoms with Crippen molar-refractivity contribution in [3.8, 4) is 34.9 Å². The Labute approximate surface area is 175 Å². The molecular formula is C21H13ClN4O4. The van der Waals surface area contributed by atoms with Crippen LogP contribution >= 0.6 is 11.6 Å². The van der Waals surface area contributed by atoms with Crippen LogP contribution in [0.4, 0.5) is 5.69 Å². The van der Waals surface area contributed by atoms with Gasteiger partial charge in [-0.2, -0.15) is 5.26 Å². The quantitative estimate of drug-likeness (QED) is 0.494. The second-order valence-electron chi connectivity index (χ2n) is 6.10. The number of methoxy groups -OCH3 is 1. The molecule has 0 saturated carbocycles. The number of furan rings is 1. The van der Waals surface area contributed by atoms with Crippen molar-refractivity contribution < 1.29 is 18.4 Å². The van der Waals surface area contributed by atoms with E-state index >= 15 is 0 Å². The van der Waals surface area contributed by atoms with Gasteiger partial charge in [-0.05, 0) is 48.5 Å². The molecule has 0 radical (unpaired) electrons. The standard InChI is InChI=1S/C21H13ClN4O4/c1-28-17-5-4-14(22)10-16(17)19(27)24-15-8-12(11-23)7-13(9-15)20-25-26-21(30-20)18-3-2-6-29-18/h2-10H,1H3,(H,24,27). The van der Waals surface area contributed by atoms with Crippen LogP contribution in [0.3, 0.4) is 0 Å². The van der Waals surface area contributed by atoms with Gasteiger partial charge in [0.1, 0.15) is 5.75 Å². The summed E-state index contributed by atoms with van der Waals surface area (Å²) in [4.78, 5) is 12.8. The van der Waals surface area contributed by atoms with Crippen molar-refractivity contribution in [3.63, 3.8) is 0 Å². The topological polar surface area (TPSA) is 114 Å². The van der Waals surface area contributed by atoms with Crippen molar-refractivity contribution in [1.82, 2.24) is 10.2 Å². The second-order valence-corrected chi connectivity index (χ2v) is 6.54. The van der Waals surface area contributed by atoms with Gasteiger partial charge >= 0.3 is 0 Å². The highest BCUT2D eigenvalue weighted by molar-refractivity contribution is 6.31. The summed E-state index contributed by atoms with van der Waals surface area (Å²) in [7, 11) is 1.46. The second kappa shape index (κ2) is 8.11. The summed E-state index contributed by atoms with van der Waals surface area (Å²) in [5, 5.41) is 20.5. The average molecular weight is 421 g/mol. The molecule has 0 saturated heterocycles. The van der Waals surface area contributed by atoms with Gasteiger partial charge in [-0.3, -0.25) is 4.79 Å². The first-order valence-corrected chi connectivity index (χ1v) is 9.03. The molecule has 0 aliphatic heterocycles. The first-order valence-electron chi connectivity index (χ1n) is 8.65. The molecule has 0 fully saturated rings. The number of anilines is 1. The van der Waals surface area contributed by atoms with Crippen LogP contribution in [0.15, 0.2) is 63.6 Å². The SMILES string of the molecule is COc1ccc(Cl)cc1C(=O)Nc1cc(C#N)cc(-c2nnc(-c3ccco3)o2)c1. The summed E-state index contributed by atoms with van der Waals surface area (Å²) >= 11 is 6.00. The monoisotopic (exact) mass is 420 g/mol. The molecule has 1 N–H and O–H groups in total. The molecule has 148 valence electrons. The number of hydrogen-bond donors (Lipinski definition) is 1. The van der Waals surface area contributed by atoms with E-state index < -0.39 is 5.91 Å². The minimum absolute atomic E-state index is 0.175. The Morgan fingerprint density at radius 1 is 1.17 bits per heavy atom. The molecule has 30 heavy (non-hydrogen) atoms. The third-order valence-electron chi connectivity index (χ3n) is 4.13. The van der Waals surface area contributed by atoms with Crippen LogP contribution in [-0.2, 0) is 0 Å². The maximum Gasteiger partial charge on any atom is 0.283 e. The van der Waals surface area contributed by atoms with Gasteiger partial charge in [0.15, 0.2) is 5.76 Å². The number of aromatic nitrogens is 2. The number of halogens is 1. The zero-order valence-corrected chi connectivity index (χ0v) is 16.3. The van der Waals surface area contributed by atoms with Gasteiger partial charge in [-0.25, -0.2) is 0 Å². The molecule has 1 amide bonds. The van der Waals surface area contributed by atoms with Gasteiger partial charge in [-0.1, -0.05) is 11.6 Å². The molecule has 8 nitrogen and oxygen atoms in total. The van der Waals surface area contributed by atoms with E-state index in [1.54, 1.807) is 36.4 Å². The van der Waals surface area contributed by atoms with E-state index in [1.807, 2.05) is 0 Å². The Hall–Kier alpha value is -4.09. The number of nitriles is 1. The predicted molar refractivity (Wildman–Crippen MR) is 108 cm³/mol. The molecule has 0 atom stereocenters. The van der Waals surface area contributed by atoms with Crippen LogP contribution in [0.25, 0.3) is 23.1 Å². The fourth-order valence-electron chi connectivity index (χ4n) is 2.78. The molecule has 2 heterocycles. The van der Waals surface area contributed by atoms with Crippen molar-refractivity contribution in [2.45, 2.75) is 0 Å². The summed E-state index contributed by atoms with van der Waals surface area (Å²) in [5.41, 5.74) is 1.40. The summed E-state index contributed by atoms with van der Waals surface area (Å²) in [5.74, 6) is 0.721. The Bertz CT molecular complexity index is 1260. The molecule has 0 aliphatic carbocycles. The van der Waals surface area contributed by atoms with Gasteiger partial charge in [0, 0.05) is 16.3 Å². The fourth-order valence-corrected chi connectivity index (χ4v) is 2.96. The molecule has 0 bridgehead atoms. The van der Waals surface area contributed by atoms with E-state index in [0.29, 0.717) is 33.3 Å². The number of nitrogens with zero attached hydrogens (tertiary/aromatic N) is 3. The summed E-state index contributed by atoms with van der Waals surface area (Å²) in [6.45, 7) is 0. The normalized spacial score (nSPS) is 10.4. The highest BCUT2D eigenvalue weighted by atomic mass is 35.5. The number of carbonyl (C=O) groups excluding carboxylic acids is 1. The van der Waals surface area contributed by atoms with Gasteiger partial charge in [-0.15, -0.1) is 10.2 Å². The van der Waals surface area contributed by atoms with Gasteiger partial charge < -0.3 is 18.9 Å². The highest BCUT2D eigenvalue weighted by Gasteiger charge is 2.17. The zero-order chi connectivity index (χ0) is 21.1. The van der Waals surface area contributed by atoms with Crippen molar-refractivity contribution in [1.29, 1.82) is 5.26 Å². The summed E-state index contributed by atoms with van der Waals surface area (Å²) in [6.07, 6.45) is 1.49. The molecule has 0 spiro atoms. The number of hydrogen-bond acceptors (Lipinski definition) is 7. The van der Waals surface area contributed by atoms with Crippen molar-refractivity contribution in [2.75, 3.05) is 12.4 Å². The van der Waals surface area contributed by atoms with E-state index in [0.717, 1.165) is 0 Å². The van der Waals surface area contributed by atoms with Crippen LogP contribution in [-0.4, -0.2) is 23.2 Å². The van der Waals surface area contributed by atoms with E-state index in [1.165, 1.54) is 25.5 Å². The molecule has 2 aromatic carbocycles. The molecule has 4 aromatic rings. The first kappa shape index (κ1) is 19.2. The Morgan fingerprint density at radius 3 is 2.73 bits per heavy atom. The minimum atomic E-state index is -0.447. The van der Waals surface area contributed by atoms with Crippen LogP contribution in [0, 0.1) is 11.3 Å². The Kier molecular flexibility index (Phi) is 5.20. The summed E-state index contributed by atoms with van der Waals surface area (Å²) in [6, 6.07) is 14.9. The molecule has 9 heteroatoms. The van der Waals surface area contributed by atoms with Crippen molar-refractivity contribution in [2.24, 2.45) is 0 Å². The third kappa shape index (κ3) is 3.87. The maximum atomic E-state index is 12.8. The molecule has 2 aromatic heterocycles. The van der Waals surface area contributed by atoms with E-state index in [4.69, 9.17) is 25.2 Å². The van der Waals surface area contributed by atoms with Crippen LogP contribution in [0.1, 0.15) is 15.9 Å². The largest absolute Gasteiger partial charge is 0.496 e. The number of carbonyl (C=O) groups is 1. The van der Waals surface area contributed by atoms with Crippen LogP contribution < -0.4 is 10.1 Å². The molecule has 4 rings (SSSR count). The van der Waals surface area contributed by atoms with Crippen LogP contribution in [0.2, 0.25) is 5.02 Å². The average Bonchev–Trinajstić information content (AvgIpc) is 3.45. The highest BCUT2D eigenvalue weighted by Crippen LogP contribution is 2.28. The number of benzene rings is 2. The lowest BCUT2D eigenvalue weighted by atomic mass is 10.1. The predicted octanol–water partition coefficient (Wildman–Crippen LogP) is 4.78. The number of amides is 1. The maximum absolute atomic E-state index is 12.8. The molecule has 0 unspecified atom stereocenters. The van der Waals surface area contributed by atoms with Crippen molar-refractivity contribution in [3.05, 3.63) is 70.9 Å². The van der Waals surface area contributed by atoms with Gasteiger partial charge in [0.2, 0.25) is 5.89 Å². The van der Waals surface area contributed by atoms with E-state index in [-0.39, 0.29) is 17.3 Å². The lowest BCUT2D eigenvalue weighted by Crippen LogP contribution is -2.13. The zero-order valence-electron chi connectivity index (χ0n) is 15.5. The smallest absolute Gasteiger partial charge is 0.283 e. The van der Waals surface area contributed by atoms with Crippen LogP contribution in [0.5, 0.6) is 5.75 Å².